The van der Waals surface area contributed by atoms with Crippen LogP contribution in [0.3, 0.4) is 0 Å². The number of aromatic nitrogens is 3. The number of hydrogen-bond donors (Lipinski definition) is 0. The number of ether oxygens (including phenoxy) is 1. The second kappa shape index (κ2) is 7.54. The van der Waals surface area contributed by atoms with E-state index >= 15 is 0 Å². The van der Waals surface area contributed by atoms with Gasteiger partial charge in [0.25, 0.3) is 5.91 Å². The van der Waals surface area contributed by atoms with Crippen LogP contribution in [0.4, 0.5) is 13.2 Å². The lowest BCUT2D eigenvalue weighted by Crippen LogP contribution is -2.44. The van der Waals surface area contributed by atoms with Crippen LogP contribution in [0, 0.1) is 0 Å². The van der Waals surface area contributed by atoms with Gasteiger partial charge in [0.2, 0.25) is 0 Å². The lowest BCUT2D eigenvalue weighted by molar-refractivity contribution is -0.142. The summed E-state index contributed by atoms with van der Waals surface area (Å²) in [5, 5.41) is 3.94. The van der Waals surface area contributed by atoms with Crippen molar-refractivity contribution in [3.05, 3.63) is 47.0 Å². The molecule has 4 rings (SSSR count). The molecule has 0 bridgehead atoms. The third-order valence-electron chi connectivity index (χ3n) is 5.21. The smallest absolute Gasteiger partial charge is 0.377 e. The van der Waals surface area contributed by atoms with E-state index in [1.807, 2.05) is 12.1 Å². The third kappa shape index (κ3) is 3.89. The van der Waals surface area contributed by atoms with Gasteiger partial charge in [0, 0.05) is 12.1 Å². The van der Waals surface area contributed by atoms with Crippen LogP contribution in [-0.4, -0.2) is 51.5 Å². The Morgan fingerprint density at radius 1 is 1.25 bits per heavy atom. The Morgan fingerprint density at radius 2 is 2.07 bits per heavy atom. The second-order valence-corrected chi connectivity index (χ2v) is 7.16. The first kappa shape index (κ1) is 18.9. The van der Waals surface area contributed by atoms with Crippen molar-refractivity contribution < 1.29 is 22.7 Å². The summed E-state index contributed by atoms with van der Waals surface area (Å²) in [5.41, 5.74) is 2.95. The predicted molar refractivity (Wildman–Crippen MR) is 93.8 cm³/mol. The van der Waals surface area contributed by atoms with E-state index in [9.17, 15) is 18.0 Å². The van der Waals surface area contributed by atoms with Crippen LogP contribution >= 0.6 is 0 Å². The molecular formula is C19H21F3N4O2. The summed E-state index contributed by atoms with van der Waals surface area (Å²) in [6.07, 6.45) is 0.660. The van der Waals surface area contributed by atoms with Crippen molar-refractivity contribution in [2.45, 2.75) is 44.4 Å². The highest BCUT2D eigenvalue weighted by molar-refractivity contribution is 5.96. The predicted octanol–water partition coefficient (Wildman–Crippen LogP) is 2.93. The first-order chi connectivity index (χ1) is 13.4. The summed E-state index contributed by atoms with van der Waals surface area (Å²) in [6.45, 7) is -0.327. The van der Waals surface area contributed by atoms with Crippen molar-refractivity contribution in [1.82, 2.24) is 19.7 Å². The highest BCUT2D eigenvalue weighted by Crippen LogP contribution is 2.29. The number of nitrogens with zero attached hydrogens (tertiary/aromatic N) is 4. The van der Waals surface area contributed by atoms with Gasteiger partial charge in [-0.15, -0.1) is 0 Å². The molecule has 0 spiro atoms. The second-order valence-electron chi connectivity index (χ2n) is 7.16. The Morgan fingerprint density at radius 3 is 2.89 bits per heavy atom. The SMILES string of the molecule is O=C(c1cccc2c1CCCC2)N1CCOCC1c1ncn(CC(F)(F)F)n1. The third-order valence-corrected chi connectivity index (χ3v) is 5.21. The average Bonchev–Trinajstić information content (AvgIpc) is 3.13. The maximum Gasteiger partial charge on any atom is 0.408 e. The van der Waals surface area contributed by atoms with Crippen LogP contribution in [-0.2, 0) is 24.1 Å². The molecule has 2 aliphatic rings. The van der Waals surface area contributed by atoms with Crippen LogP contribution in [0.25, 0.3) is 0 Å². The van der Waals surface area contributed by atoms with Gasteiger partial charge in [-0.25, -0.2) is 9.67 Å². The molecule has 0 radical (unpaired) electrons. The minimum atomic E-state index is -4.38. The molecule has 28 heavy (non-hydrogen) atoms. The molecule has 1 aliphatic carbocycles. The van der Waals surface area contributed by atoms with Crippen molar-refractivity contribution in [1.29, 1.82) is 0 Å². The number of aryl methyl sites for hydroxylation is 1. The average molecular weight is 394 g/mol. The molecule has 6 nitrogen and oxygen atoms in total. The number of hydrogen-bond acceptors (Lipinski definition) is 4. The van der Waals surface area contributed by atoms with Crippen LogP contribution in [0.5, 0.6) is 0 Å². The van der Waals surface area contributed by atoms with Gasteiger partial charge < -0.3 is 9.64 Å². The number of amides is 1. The lowest BCUT2D eigenvalue weighted by Gasteiger charge is -2.35. The van der Waals surface area contributed by atoms with Crippen molar-refractivity contribution >= 4 is 5.91 Å². The Balaban J connectivity index is 1.60. The van der Waals surface area contributed by atoms with Gasteiger partial charge in [0.05, 0.1) is 13.2 Å². The highest BCUT2D eigenvalue weighted by Gasteiger charge is 2.34. The summed E-state index contributed by atoms with van der Waals surface area (Å²) < 4.78 is 44.0. The first-order valence-electron chi connectivity index (χ1n) is 9.38. The molecule has 1 saturated heterocycles. The number of benzene rings is 1. The molecule has 1 aromatic carbocycles. The number of halogens is 3. The van der Waals surface area contributed by atoms with Gasteiger partial charge in [-0.3, -0.25) is 4.79 Å². The Kier molecular flexibility index (Phi) is 5.09. The molecule has 9 heteroatoms. The van der Waals surface area contributed by atoms with Gasteiger partial charge in [0.1, 0.15) is 18.9 Å². The minimum absolute atomic E-state index is 0.140. The summed E-state index contributed by atoms with van der Waals surface area (Å²) in [6, 6.07) is 5.18. The molecule has 1 fully saturated rings. The topological polar surface area (TPSA) is 60.3 Å². The Bertz CT molecular complexity index is 865. The standard InChI is InChI=1S/C19H21F3N4O2/c20-19(21,22)11-25-12-23-17(24-25)16-10-28-9-8-26(16)18(27)15-7-3-5-13-4-1-2-6-14(13)15/h3,5,7,12,16H,1-2,4,6,8-11H2. The molecule has 1 aliphatic heterocycles. The number of carbonyl (C=O) groups excluding carboxylic acids is 1. The van der Waals surface area contributed by atoms with E-state index in [0.29, 0.717) is 18.7 Å². The van der Waals surface area contributed by atoms with E-state index in [1.54, 1.807) is 4.90 Å². The van der Waals surface area contributed by atoms with Crippen LogP contribution < -0.4 is 0 Å². The highest BCUT2D eigenvalue weighted by atomic mass is 19.4. The number of carbonyl (C=O) groups is 1. The first-order valence-corrected chi connectivity index (χ1v) is 9.38. The molecule has 150 valence electrons. The van der Waals surface area contributed by atoms with Gasteiger partial charge in [0.15, 0.2) is 5.82 Å². The molecule has 0 saturated carbocycles. The van der Waals surface area contributed by atoms with E-state index < -0.39 is 18.8 Å². The van der Waals surface area contributed by atoms with Gasteiger partial charge in [-0.1, -0.05) is 12.1 Å². The number of fused-ring (bicyclic) bond motifs is 1. The van der Waals surface area contributed by atoms with E-state index in [4.69, 9.17) is 4.74 Å². The van der Waals surface area contributed by atoms with Crippen LogP contribution in [0.15, 0.2) is 24.5 Å². The van der Waals surface area contributed by atoms with E-state index in [0.717, 1.165) is 42.3 Å². The quantitative estimate of drug-likeness (QED) is 0.803. The summed E-state index contributed by atoms with van der Waals surface area (Å²) in [7, 11) is 0. The summed E-state index contributed by atoms with van der Waals surface area (Å²) in [4.78, 5) is 19.0. The maximum atomic E-state index is 13.3. The van der Waals surface area contributed by atoms with Crippen LogP contribution in [0.2, 0.25) is 0 Å². The fourth-order valence-corrected chi connectivity index (χ4v) is 3.92. The van der Waals surface area contributed by atoms with Gasteiger partial charge in [-0.05, 0) is 42.9 Å². The van der Waals surface area contributed by atoms with Crippen LogP contribution in [0.1, 0.15) is 46.2 Å². The van der Waals surface area contributed by atoms with E-state index in [1.165, 1.54) is 5.56 Å². The molecule has 1 amide bonds. The molecule has 0 N–H and O–H groups in total. The van der Waals surface area contributed by atoms with E-state index in [-0.39, 0.29) is 18.3 Å². The number of rotatable bonds is 3. The van der Waals surface area contributed by atoms with Crippen molar-refractivity contribution in [2.24, 2.45) is 0 Å². The largest absolute Gasteiger partial charge is 0.408 e. The summed E-state index contributed by atoms with van der Waals surface area (Å²) >= 11 is 0. The zero-order valence-electron chi connectivity index (χ0n) is 15.3. The Hall–Kier alpha value is -2.42. The minimum Gasteiger partial charge on any atom is -0.377 e. The van der Waals surface area contributed by atoms with Crippen molar-refractivity contribution in [3.8, 4) is 0 Å². The normalized spacial score (nSPS) is 20.1. The van der Waals surface area contributed by atoms with Gasteiger partial charge in [-0.2, -0.15) is 18.3 Å². The fourth-order valence-electron chi connectivity index (χ4n) is 3.92. The zero-order chi connectivity index (χ0) is 19.7. The lowest BCUT2D eigenvalue weighted by atomic mass is 9.87. The molecule has 2 aromatic rings. The maximum absolute atomic E-state index is 13.3. The fraction of sp³-hybridized carbons (Fsp3) is 0.526. The van der Waals surface area contributed by atoms with Crippen molar-refractivity contribution in [2.75, 3.05) is 19.8 Å². The molecule has 1 unspecified atom stereocenters. The van der Waals surface area contributed by atoms with Gasteiger partial charge >= 0.3 is 6.18 Å². The zero-order valence-corrected chi connectivity index (χ0v) is 15.3. The number of morpholine rings is 1. The molecule has 1 aromatic heterocycles. The molecule has 2 heterocycles. The molecular weight excluding hydrogens is 373 g/mol. The summed E-state index contributed by atoms with van der Waals surface area (Å²) in [5.74, 6) is 0.0290. The number of alkyl halides is 3. The van der Waals surface area contributed by atoms with Crippen molar-refractivity contribution in [3.63, 3.8) is 0 Å². The Labute approximate surface area is 160 Å². The molecule has 1 atom stereocenters. The monoisotopic (exact) mass is 394 g/mol. The van der Waals surface area contributed by atoms with E-state index in [2.05, 4.69) is 16.1 Å².